The lowest BCUT2D eigenvalue weighted by atomic mass is 10.2. The Labute approximate surface area is 75.8 Å². The first kappa shape index (κ1) is 9.31. The van der Waals surface area contributed by atoms with Crippen molar-refractivity contribution in [2.24, 2.45) is 20.5 Å². The summed E-state index contributed by atoms with van der Waals surface area (Å²) in [6.07, 6.45) is 0. The number of aromatic hydroxyl groups is 1. The number of phenols is 1. The van der Waals surface area contributed by atoms with E-state index in [1.165, 1.54) is 6.07 Å². The molecular weight excluding hydrogens is 168 g/mol. The fourth-order valence-corrected chi connectivity index (χ4v) is 0.882. The molecule has 0 saturated heterocycles. The summed E-state index contributed by atoms with van der Waals surface area (Å²) in [4.78, 5) is 0. The summed E-state index contributed by atoms with van der Waals surface area (Å²) in [5.74, 6) is 0.0514. The van der Waals surface area contributed by atoms with E-state index in [0.717, 1.165) is 0 Å². The maximum atomic E-state index is 9.39. The number of benzene rings is 1. The second-order valence-electron chi connectivity index (χ2n) is 2.27. The van der Waals surface area contributed by atoms with E-state index >= 15 is 0 Å². The van der Waals surface area contributed by atoms with Crippen LogP contribution >= 0.6 is 0 Å². The average molecular weight is 178 g/mol. The molecule has 0 atom stereocenters. The first-order chi connectivity index (χ1) is 6.27. The minimum Gasteiger partial charge on any atom is -0.506 e. The van der Waals surface area contributed by atoms with Crippen molar-refractivity contribution < 1.29 is 5.11 Å². The zero-order valence-electron chi connectivity index (χ0n) is 7.47. The van der Waals surface area contributed by atoms with Gasteiger partial charge in [0.1, 0.15) is 11.4 Å². The summed E-state index contributed by atoms with van der Waals surface area (Å²) in [7, 11) is 3.11. The van der Waals surface area contributed by atoms with Crippen LogP contribution in [-0.2, 0) is 0 Å². The van der Waals surface area contributed by atoms with E-state index in [1.807, 2.05) is 0 Å². The van der Waals surface area contributed by atoms with Gasteiger partial charge in [-0.05, 0) is 12.1 Å². The molecule has 0 aliphatic rings. The van der Waals surface area contributed by atoms with E-state index in [-0.39, 0.29) is 5.75 Å². The highest BCUT2D eigenvalue weighted by molar-refractivity contribution is 5.57. The van der Waals surface area contributed by atoms with E-state index in [1.54, 1.807) is 26.2 Å². The Bertz CT molecular complexity index is 346. The molecule has 1 aromatic carbocycles. The molecular formula is C8H10N4O. The van der Waals surface area contributed by atoms with Crippen LogP contribution in [0.4, 0.5) is 11.4 Å². The molecule has 0 fully saturated rings. The third kappa shape index (κ3) is 2.33. The first-order valence-electron chi connectivity index (χ1n) is 3.70. The van der Waals surface area contributed by atoms with E-state index in [0.29, 0.717) is 11.4 Å². The first-order valence-corrected chi connectivity index (χ1v) is 3.70. The van der Waals surface area contributed by atoms with Gasteiger partial charge in [-0.1, -0.05) is 0 Å². The summed E-state index contributed by atoms with van der Waals surface area (Å²) < 4.78 is 0. The van der Waals surface area contributed by atoms with Gasteiger partial charge in [-0.2, -0.15) is 20.5 Å². The topological polar surface area (TPSA) is 69.7 Å². The molecule has 1 N–H and O–H groups in total. The van der Waals surface area contributed by atoms with E-state index in [2.05, 4.69) is 20.5 Å². The predicted molar refractivity (Wildman–Crippen MR) is 49.0 cm³/mol. The lowest BCUT2D eigenvalue weighted by Crippen LogP contribution is -1.68. The Hall–Kier alpha value is -1.78. The lowest BCUT2D eigenvalue weighted by molar-refractivity contribution is 0.476. The number of rotatable bonds is 2. The second kappa shape index (κ2) is 4.30. The number of nitrogens with zero attached hydrogens (tertiary/aromatic N) is 4. The Morgan fingerprint density at radius 1 is 1.08 bits per heavy atom. The van der Waals surface area contributed by atoms with Crippen LogP contribution in [-0.4, -0.2) is 19.2 Å². The molecule has 0 radical (unpaired) electrons. The standard InChI is InChI=1S/C8H10N4O/c1-9-11-6-3-4-7(12-10-2)8(13)5-6/h3-5,13H,1-2H3. The van der Waals surface area contributed by atoms with Crippen LogP contribution in [0.15, 0.2) is 38.7 Å². The highest BCUT2D eigenvalue weighted by Gasteiger charge is 1.99. The van der Waals surface area contributed by atoms with Crippen molar-refractivity contribution in [2.75, 3.05) is 14.1 Å². The van der Waals surface area contributed by atoms with Crippen LogP contribution in [0.5, 0.6) is 5.75 Å². The molecule has 0 aromatic heterocycles. The summed E-state index contributed by atoms with van der Waals surface area (Å²) in [6, 6.07) is 4.82. The van der Waals surface area contributed by atoms with Gasteiger partial charge < -0.3 is 5.11 Å². The Kier molecular flexibility index (Phi) is 3.08. The molecule has 1 rings (SSSR count). The lowest BCUT2D eigenvalue weighted by Gasteiger charge is -1.97. The summed E-state index contributed by atoms with van der Waals surface area (Å²) in [6.45, 7) is 0. The normalized spacial score (nSPS) is 11.5. The molecule has 13 heavy (non-hydrogen) atoms. The molecule has 0 heterocycles. The minimum atomic E-state index is 0.0514. The third-order valence-corrected chi connectivity index (χ3v) is 1.38. The number of hydrogen-bond donors (Lipinski definition) is 1. The van der Waals surface area contributed by atoms with Gasteiger partial charge in [0.05, 0.1) is 5.69 Å². The van der Waals surface area contributed by atoms with E-state index in [9.17, 15) is 5.11 Å². The molecule has 0 saturated carbocycles. The fourth-order valence-electron chi connectivity index (χ4n) is 0.882. The largest absolute Gasteiger partial charge is 0.506 e. The van der Waals surface area contributed by atoms with Crippen molar-refractivity contribution >= 4 is 11.4 Å². The van der Waals surface area contributed by atoms with Crippen molar-refractivity contribution in [1.82, 2.24) is 0 Å². The Balaban J connectivity index is 3.05. The minimum absolute atomic E-state index is 0.0514. The SMILES string of the molecule is CN=Nc1ccc(N=NC)c(O)c1. The maximum Gasteiger partial charge on any atom is 0.145 e. The van der Waals surface area contributed by atoms with Crippen LogP contribution in [0.1, 0.15) is 0 Å². The third-order valence-electron chi connectivity index (χ3n) is 1.38. The summed E-state index contributed by atoms with van der Waals surface area (Å²) in [5, 5.41) is 24.0. The Morgan fingerprint density at radius 2 is 1.77 bits per heavy atom. The molecule has 5 nitrogen and oxygen atoms in total. The van der Waals surface area contributed by atoms with Crippen LogP contribution in [0.25, 0.3) is 0 Å². The van der Waals surface area contributed by atoms with Gasteiger partial charge >= 0.3 is 0 Å². The highest BCUT2D eigenvalue weighted by atomic mass is 16.3. The van der Waals surface area contributed by atoms with Crippen LogP contribution in [0, 0.1) is 0 Å². The smallest absolute Gasteiger partial charge is 0.145 e. The molecule has 68 valence electrons. The van der Waals surface area contributed by atoms with Gasteiger partial charge in [0, 0.05) is 20.2 Å². The van der Waals surface area contributed by atoms with Crippen LogP contribution < -0.4 is 0 Å². The predicted octanol–water partition coefficient (Wildman–Crippen LogP) is 2.82. The molecule has 0 aliphatic carbocycles. The fraction of sp³-hybridized carbons (Fsp3) is 0.250. The van der Waals surface area contributed by atoms with E-state index < -0.39 is 0 Å². The molecule has 0 bridgehead atoms. The molecule has 0 unspecified atom stereocenters. The van der Waals surface area contributed by atoms with Gasteiger partial charge in [-0.25, -0.2) is 0 Å². The summed E-state index contributed by atoms with van der Waals surface area (Å²) in [5.41, 5.74) is 1.02. The maximum absolute atomic E-state index is 9.39. The number of phenolic OH excluding ortho intramolecular Hbond substituents is 1. The van der Waals surface area contributed by atoms with Crippen molar-refractivity contribution in [3.8, 4) is 5.75 Å². The van der Waals surface area contributed by atoms with Crippen molar-refractivity contribution in [2.45, 2.75) is 0 Å². The monoisotopic (exact) mass is 178 g/mol. The quantitative estimate of drug-likeness (QED) is 0.695. The summed E-state index contributed by atoms with van der Waals surface area (Å²) >= 11 is 0. The molecule has 1 aromatic rings. The van der Waals surface area contributed by atoms with Gasteiger partial charge in [-0.15, -0.1) is 0 Å². The Morgan fingerprint density at radius 3 is 2.31 bits per heavy atom. The van der Waals surface area contributed by atoms with Gasteiger partial charge in [-0.3, -0.25) is 0 Å². The van der Waals surface area contributed by atoms with Crippen LogP contribution in [0.3, 0.4) is 0 Å². The van der Waals surface area contributed by atoms with Gasteiger partial charge in [0.2, 0.25) is 0 Å². The van der Waals surface area contributed by atoms with E-state index in [4.69, 9.17) is 0 Å². The second-order valence-corrected chi connectivity index (χ2v) is 2.27. The average Bonchev–Trinajstić information content (AvgIpc) is 2.10. The number of azo groups is 2. The number of hydrogen-bond acceptors (Lipinski definition) is 5. The highest BCUT2D eigenvalue weighted by Crippen LogP contribution is 2.30. The zero-order chi connectivity index (χ0) is 9.68. The zero-order valence-corrected chi connectivity index (χ0v) is 7.47. The van der Waals surface area contributed by atoms with Gasteiger partial charge in [0.15, 0.2) is 0 Å². The molecule has 0 spiro atoms. The molecule has 0 amide bonds. The van der Waals surface area contributed by atoms with Gasteiger partial charge in [0.25, 0.3) is 0 Å². The van der Waals surface area contributed by atoms with Crippen molar-refractivity contribution in [3.05, 3.63) is 18.2 Å². The van der Waals surface area contributed by atoms with Crippen molar-refractivity contribution in [1.29, 1.82) is 0 Å². The molecule has 5 heteroatoms. The van der Waals surface area contributed by atoms with Crippen LogP contribution in [0.2, 0.25) is 0 Å². The van der Waals surface area contributed by atoms with Crippen molar-refractivity contribution in [3.63, 3.8) is 0 Å². The molecule has 0 aliphatic heterocycles.